The summed E-state index contributed by atoms with van der Waals surface area (Å²) < 4.78 is 2.08. The predicted molar refractivity (Wildman–Crippen MR) is 65.4 cm³/mol. The van der Waals surface area contributed by atoms with Crippen molar-refractivity contribution < 1.29 is 5.11 Å². The standard InChI is InChI=1S/C14H17NO/c1-11-6-12(2)8-13(7-11)9-15-5-3-4-14(15)10-16/h3-8,16H,9-10H2,1-2H3. The van der Waals surface area contributed by atoms with Crippen LogP contribution in [0.25, 0.3) is 0 Å². The van der Waals surface area contributed by atoms with E-state index in [1.54, 1.807) is 0 Å². The maximum atomic E-state index is 9.17. The zero-order chi connectivity index (χ0) is 11.5. The summed E-state index contributed by atoms with van der Waals surface area (Å²) in [6, 6.07) is 10.5. The smallest absolute Gasteiger partial charge is 0.0832 e. The predicted octanol–water partition coefficient (Wildman–Crippen LogP) is 2.65. The molecule has 0 atom stereocenters. The molecule has 1 aromatic carbocycles. The minimum atomic E-state index is 0.0950. The normalized spacial score (nSPS) is 10.7. The summed E-state index contributed by atoms with van der Waals surface area (Å²) in [6.45, 7) is 5.14. The van der Waals surface area contributed by atoms with Crippen molar-refractivity contribution in [3.63, 3.8) is 0 Å². The van der Waals surface area contributed by atoms with Gasteiger partial charge >= 0.3 is 0 Å². The first-order valence-corrected chi connectivity index (χ1v) is 5.51. The highest BCUT2D eigenvalue weighted by Gasteiger charge is 2.01. The Bertz CT molecular complexity index is 465. The van der Waals surface area contributed by atoms with Crippen molar-refractivity contribution in [3.05, 3.63) is 58.9 Å². The van der Waals surface area contributed by atoms with E-state index in [1.165, 1.54) is 16.7 Å². The molecule has 1 heterocycles. The second-order valence-electron chi connectivity index (χ2n) is 4.28. The highest BCUT2D eigenvalue weighted by molar-refractivity contribution is 5.29. The molecule has 0 bridgehead atoms. The molecule has 2 rings (SSSR count). The van der Waals surface area contributed by atoms with Gasteiger partial charge in [0.05, 0.1) is 6.61 Å². The van der Waals surface area contributed by atoms with E-state index in [2.05, 4.69) is 36.6 Å². The van der Waals surface area contributed by atoms with Crippen molar-refractivity contribution in [2.24, 2.45) is 0 Å². The van der Waals surface area contributed by atoms with Crippen LogP contribution >= 0.6 is 0 Å². The SMILES string of the molecule is Cc1cc(C)cc(Cn2cccc2CO)c1. The van der Waals surface area contributed by atoms with Gasteiger partial charge in [0.15, 0.2) is 0 Å². The summed E-state index contributed by atoms with van der Waals surface area (Å²) >= 11 is 0. The van der Waals surface area contributed by atoms with Crippen LogP contribution in [0.5, 0.6) is 0 Å². The number of aryl methyl sites for hydroxylation is 2. The average Bonchev–Trinajstić information content (AvgIpc) is 2.63. The molecule has 2 aromatic rings. The number of hydrogen-bond donors (Lipinski definition) is 1. The van der Waals surface area contributed by atoms with Crippen LogP contribution in [0.15, 0.2) is 36.5 Å². The molecule has 1 aromatic heterocycles. The fourth-order valence-electron chi connectivity index (χ4n) is 2.10. The summed E-state index contributed by atoms with van der Waals surface area (Å²) in [6.07, 6.45) is 2.00. The van der Waals surface area contributed by atoms with Gasteiger partial charge in [-0.1, -0.05) is 29.3 Å². The highest BCUT2D eigenvalue weighted by atomic mass is 16.3. The third kappa shape index (κ3) is 2.34. The van der Waals surface area contributed by atoms with Gasteiger partial charge in [-0.2, -0.15) is 0 Å². The Labute approximate surface area is 96.2 Å². The van der Waals surface area contributed by atoms with E-state index in [0.29, 0.717) is 0 Å². The van der Waals surface area contributed by atoms with Crippen molar-refractivity contribution in [1.82, 2.24) is 4.57 Å². The van der Waals surface area contributed by atoms with Crippen molar-refractivity contribution in [2.45, 2.75) is 27.0 Å². The summed E-state index contributed by atoms with van der Waals surface area (Å²) in [5, 5.41) is 9.17. The maximum absolute atomic E-state index is 9.17. The largest absolute Gasteiger partial charge is 0.390 e. The molecule has 0 unspecified atom stereocenters. The molecular formula is C14H17NO. The molecule has 84 valence electrons. The number of nitrogens with zero attached hydrogens (tertiary/aromatic N) is 1. The van der Waals surface area contributed by atoms with Gasteiger partial charge in [0, 0.05) is 18.4 Å². The zero-order valence-corrected chi connectivity index (χ0v) is 9.77. The number of aromatic nitrogens is 1. The van der Waals surface area contributed by atoms with Crippen molar-refractivity contribution >= 4 is 0 Å². The fraction of sp³-hybridized carbons (Fsp3) is 0.286. The van der Waals surface area contributed by atoms with E-state index in [4.69, 9.17) is 0 Å². The van der Waals surface area contributed by atoms with Crippen molar-refractivity contribution in [2.75, 3.05) is 0 Å². The lowest BCUT2D eigenvalue weighted by Gasteiger charge is -2.09. The molecule has 2 heteroatoms. The van der Waals surface area contributed by atoms with Crippen molar-refractivity contribution in [1.29, 1.82) is 0 Å². The summed E-state index contributed by atoms with van der Waals surface area (Å²) in [5.74, 6) is 0. The first-order valence-electron chi connectivity index (χ1n) is 5.51. The lowest BCUT2D eigenvalue weighted by atomic mass is 10.1. The monoisotopic (exact) mass is 215 g/mol. The van der Waals surface area contributed by atoms with Crippen LogP contribution in [0.3, 0.4) is 0 Å². The van der Waals surface area contributed by atoms with E-state index >= 15 is 0 Å². The fourth-order valence-corrected chi connectivity index (χ4v) is 2.10. The molecule has 0 amide bonds. The Morgan fingerprint density at radius 1 is 1.12 bits per heavy atom. The van der Waals surface area contributed by atoms with E-state index in [0.717, 1.165) is 12.2 Å². The summed E-state index contributed by atoms with van der Waals surface area (Å²) in [5.41, 5.74) is 4.81. The number of aliphatic hydroxyl groups excluding tert-OH is 1. The molecule has 0 spiro atoms. The Morgan fingerprint density at radius 3 is 2.44 bits per heavy atom. The van der Waals surface area contributed by atoms with Gasteiger partial charge in [-0.25, -0.2) is 0 Å². The second-order valence-corrected chi connectivity index (χ2v) is 4.28. The van der Waals surface area contributed by atoms with E-state index < -0.39 is 0 Å². The van der Waals surface area contributed by atoms with Crippen molar-refractivity contribution in [3.8, 4) is 0 Å². The molecule has 2 nitrogen and oxygen atoms in total. The molecule has 0 fully saturated rings. The van der Waals surface area contributed by atoms with Gasteiger partial charge in [-0.05, 0) is 31.5 Å². The quantitative estimate of drug-likeness (QED) is 0.836. The molecule has 0 aliphatic rings. The van der Waals surface area contributed by atoms with Gasteiger partial charge in [-0.3, -0.25) is 0 Å². The topological polar surface area (TPSA) is 25.2 Å². The van der Waals surface area contributed by atoms with Crippen LogP contribution < -0.4 is 0 Å². The van der Waals surface area contributed by atoms with Gasteiger partial charge in [0.25, 0.3) is 0 Å². The maximum Gasteiger partial charge on any atom is 0.0832 e. The molecule has 1 N–H and O–H groups in total. The minimum absolute atomic E-state index is 0.0950. The van der Waals surface area contributed by atoms with Crippen LogP contribution in [-0.2, 0) is 13.2 Å². The third-order valence-corrected chi connectivity index (χ3v) is 2.72. The van der Waals surface area contributed by atoms with E-state index in [9.17, 15) is 5.11 Å². The Morgan fingerprint density at radius 2 is 1.81 bits per heavy atom. The molecule has 0 aliphatic carbocycles. The Balaban J connectivity index is 2.26. The van der Waals surface area contributed by atoms with Crippen LogP contribution in [0.1, 0.15) is 22.4 Å². The van der Waals surface area contributed by atoms with Gasteiger partial charge in [0.2, 0.25) is 0 Å². The van der Waals surface area contributed by atoms with Gasteiger partial charge in [0.1, 0.15) is 0 Å². The lowest BCUT2D eigenvalue weighted by molar-refractivity contribution is 0.271. The Hall–Kier alpha value is -1.54. The second kappa shape index (κ2) is 4.54. The number of aliphatic hydroxyl groups is 1. The van der Waals surface area contributed by atoms with Crippen LogP contribution in [0, 0.1) is 13.8 Å². The zero-order valence-electron chi connectivity index (χ0n) is 9.77. The molecule has 0 radical (unpaired) electrons. The molecule has 0 saturated heterocycles. The Kier molecular flexibility index (Phi) is 3.11. The number of hydrogen-bond acceptors (Lipinski definition) is 1. The first-order chi connectivity index (χ1) is 7.69. The number of benzene rings is 1. The average molecular weight is 215 g/mol. The lowest BCUT2D eigenvalue weighted by Crippen LogP contribution is -2.03. The van der Waals surface area contributed by atoms with Crippen LogP contribution in [0.2, 0.25) is 0 Å². The van der Waals surface area contributed by atoms with Crippen LogP contribution in [-0.4, -0.2) is 9.67 Å². The highest BCUT2D eigenvalue weighted by Crippen LogP contribution is 2.12. The van der Waals surface area contributed by atoms with Gasteiger partial charge in [-0.15, -0.1) is 0 Å². The molecule has 0 aliphatic heterocycles. The summed E-state index contributed by atoms with van der Waals surface area (Å²) in [7, 11) is 0. The van der Waals surface area contributed by atoms with E-state index in [-0.39, 0.29) is 6.61 Å². The third-order valence-electron chi connectivity index (χ3n) is 2.72. The molecular weight excluding hydrogens is 198 g/mol. The van der Waals surface area contributed by atoms with Gasteiger partial charge < -0.3 is 9.67 Å². The summed E-state index contributed by atoms with van der Waals surface area (Å²) in [4.78, 5) is 0. The molecule has 0 saturated carbocycles. The first kappa shape index (κ1) is 11.0. The number of rotatable bonds is 3. The van der Waals surface area contributed by atoms with Crippen LogP contribution in [0.4, 0.5) is 0 Å². The molecule has 16 heavy (non-hydrogen) atoms. The minimum Gasteiger partial charge on any atom is -0.390 e. The van der Waals surface area contributed by atoms with E-state index in [1.807, 2.05) is 18.3 Å².